The van der Waals surface area contributed by atoms with Crippen LogP contribution in [0.3, 0.4) is 0 Å². The Hall–Kier alpha value is 0.249. The Morgan fingerprint density at radius 2 is 0.769 bits per heavy atom. The Balaban J connectivity index is -0.0000000279. The molecule has 0 bridgehead atoms. The molecule has 75 valence electrons. The Morgan fingerprint density at radius 1 is 0.692 bits per heavy atom. The molecule has 0 spiro atoms. The first-order valence-corrected chi connectivity index (χ1v) is 1.76. The summed E-state index contributed by atoms with van der Waals surface area (Å²) < 4.78 is 0. The molecule has 4 N–H and O–H groups in total. The van der Waals surface area contributed by atoms with Crippen LogP contribution in [0.15, 0.2) is 0 Å². The van der Waals surface area contributed by atoms with Crippen LogP contribution < -0.4 is 0 Å². The molecule has 0 aliphatic rings. The number of hydrogen-bond acceptors (Lipinski definition) is 3. The van der Waals surface area contributed by atoms with Gasteiger partial charge in [0.15, 0.2) is 0 Å². The van der Waals surface area contributed by atoms with Gasteiger partial charge in [-0.2, -0.15) is 0 Å². The van der Waals surface area contributed by atoms with E-state index >= 15 is 0 Å². The first kappa shape index (κ1) is 29.2. The molecular formula is C3H8CoMg2O7. The molecule has 0 unspecified atom stereocenters. The van der Waals surface area contributed by atoms with Crippen molar-refractivity contribution in [2.24, 2.45) is 0 Å². The van der Waals surface area contributed by atoms with Crippen molar-refractivity contribution in [3.05, 3.63) is 0 Å². The van der Waals surface area contributed by atoms with E-state index in [0.717, 1.165) is 0 Å². The summed E-state index contributed by atoms with van der Waals surface area (Å²) in [4.78, 5) is 26.8. The molecule has 0 aromatic carbocycles. The smallest absolute Gasteiger partial charge is 0.473 e. The molecule has 0 atom stereocenters. The molecule has 0 aliphatic heterocycles. The van der Waals surface area contributed by atoms with Gasteiger partial charge < -0.3 is 20.4 Å². The molecule has 13 heavy (non-hydrogen) atoms. The molecule has 0 amide bonds. The molecule has 0 saturated heterocycles. The van der Waals surface area contributed by atoms with Crippen molar-refractivity contribution in [2.45, 2.75) is 0 Å². The number of rotatable bonds is 0. The summed E-state index contributed by atoms with van der Waals surface area (Å²) >= 11 is 0. The molecule has 0 rings (SSSR count). The normalized spacial score (nSPS) is 5.23. The standard InChI is InChI=1S/C2H2O4.CH2O3.Co.2Mg.4H/c3-1(4)2(5)6;2-1(3)4;;;;;;;/h(H,3,4)(H,5,6);(H2,2,3,4);;;;;;;. The molecule has 0 aromatic heterocycles. The minimum Gasteiger partial charge on any atom is -0.473 e. The van der Waals surface area contributed by atoms with Gasteiger partial charge >= 0.3 is 64.2 Å². The van der Waals surface area contributed by atoms with Crippen LogP contribution in [0.5, 0.6) is 0 Å². The predicted octanol–water partition coefficient (Wildman–Crippen LogP) is -2.46. The summed E-state index contributed by atoms with van der Waals surface area (Å²) in [5.41, 5.74) is 0. The van der Waals surface area contributed by atoms with Gasteiger partial charge in [-0.25, -0.2) is 14.4 Å². The van der Waals surface area contributed by atoms with E-state index in [1.54, 1.807) is 0 Å². The Labute approximate surface area is 115 Å². The molecule has 0 fully saturated rings. The topological polar surface area (TPSA) is 132 Å². The number of carboxylic acids is 2. The fraction of sp³-hybridized carbons (Fsp3) is 0. The Morgan fingerprint density at radius 3 is 0.769 bits per heavy atom. The second kappa shape index (κ2) is 18.1. The molecule has 0 heterocycles. The monoisotopic (exact) mass is 263 g/mol. The van der Waals surface area contributed by atoms with E-state index in [1.165, 1.54) is 0 Å². The van der Waals surface area contributed by atoms with E-state index in [2.05, 4.69) is 0 Å². The van der Waals surface area contributed by atoms with Crippen LogP contribution in [-0.4, -0.2) is 84.6 Å². The van der Waals surface area contributed by atoms with Crippen molar-refractivity contribution in [1.29, 1.82) is 0 Å². The zero-order valence-electron chi connectivity index (χ0n) is 4.85. The molecule has 0 aromatic rings. The molecule has 0 aliphatic carbocycles. The largest absolute Gasteiger partial charge is 0.503 e. The van der Waals surface area contributed by atoms with Gasteiger partial charge in [-0.1, -0.05) is 0 Å². The summed E-state index contributed by atoms with van der Waals surface area (Å²) in [5.74, 6) is -3.65. The Bertz CT molecular complexity index is 144. The van der Waals surface area contributed by atoms with Crippen molar-refractivity contribution in [2.75, 3.05) is 0 Å². The average molecular weight is 264 g/mol. The van der Waals surface area contributed by atoms with Gasteiger partial charge in [0, 0.05) is 16.8 Å². The van der Waals surface area contributed by atoms with Gasteiger partial charge in [0.1, 0.15) is 0 Å². The number of aliphatic carboxylic acids is 2. The molecule has 1 radical (unpaired) electrons. The van der Waals surface area contributed by atoms with Gasteiger partial charge in [-0.3, -0.25) is 0 Å². The van der Waals surface area contributed by atoms with Gasteiger partial charge in [-0.15, -0.1) is 0 Å². The van der Waals surface area contributed by atoms with E-state index < -0.39 is 18.1 Å². The summed E-state index contributed by atoms with van der Waals surface area (Å²) in [6.45, 7) is 0. The van der Waals surface area contributed by atoms with Crippen molar-refractivity contribution in [1.82, 2.24) is 0 Å². The third-order valence-electron chi connectivity index (χ3n) is 0.183. The van der Waals surface area contributed by atoms with Crippen molar-refractivity contribution < 1.29 is 51.6 Å². The first-order chi connectivity index (χ1) is 4.37. The number of hydrogen-bond donors (Lipinski definition) is 4. The zero-order chi connectivity index (χ0) is 8.73. The van der Waals surface area contributed by atoms with Crippen LogP contribution in [0, 0.1) is 0 Å². The third-order valence-corrected chi connectivity index (χ3v) is 0.183. The van der Waals surface area contributed by atoms with Crippen LogP contribution in [0.1, 0.15) is 0 Å². The fourth-order valence-electron chi connectivity index (χ4n) is 0. The second-order valence-electron chi connectivity index (χ2n) is 0.893. The number of carbonyl (C=O) groups is 3. The number of carboxylic acid groups (broad SMARTS) is 4. The van der Waals surface area contributed by atoms with Crippen molar-refractivity contribution in [3.8, 4) is 0 Å². The van der Waals surface area contributed by atoms with Crippen molar-refractivity contribution >= 4 is 64.2 Å². The van der Waals surface area contributed by atoms with Crippen LogP contribution >= 0.6 is 0 Å². The predicted molar refractivity (Wildman–Crippen MR) is 43.0 cm³/mol. The van der Waals surface area contributed by atoms with Gasteiger partial charge in [-0.05, 0) is 0 Å². The van der Waals surface area contributed by atoms with E-state index in [0.29, 0.717) is 0 Å². The van der Waals surface area contributed by atoms with E-state index in [9.17, 15) is 0 Å². The molecule has 7 nitrogen and oxygen atoms in total. The summed E-state index contributed by atoms with van der Waals surface area (Å²) in [6, 6.07) is 0. The molecule has 0 saturated carbocycles. The fourth-order valence-corrected chi connectivity index (χ4v) is 0. The molecule has 10 heteroatoms. The maximum absolute atomic E-state index is 9.10. The van der Waals surface area contributed by atoms with E-state index in [1.807, 2.05) is 0 Å². The van der Waals surface area contributed by atoms with Crippen molar-refractivity contribution in [3.63, 3.8) is 0 Å². The maximum atomic E-state index is 9.10. The van der Waals surface area contributed by atoms with E-state index in [4.69, 9.17) is 34.8 Å². The second-order valence-corrected chi connectivity index (χ2v) is 0.893. The van der Waals surface area contributed by atoms with E-state index in [-0.39, 0.29) is 62.9 Å². The average Bonchev–Trinajstić information content (AvgIpc) is 1.63. The van der Waals surface area contributed by atoms with Crippen LogP contribution in [0.2, 0.25) is 0 Å². The first-order valence-electron chi connectivity index (χ1n) is 1.76. The van der Waals surface area contributed by atoms with Crippen LogP contribution in [-0.2, 0) is 26.4 Å². The third kappa shape index (κ3) is 71.3. The van der Waals surface area contributed by atoms with Gasteiger partial charge in [0.2, 0.25) is 0 Å². The SMILES string of the molecule is O=C(O)C(=O)O.O=C(O)O.[Co].[MgH2].[MgH2]. The summed E-state index contributed by atoms with van der Waals surface area (Å²) in [5, 5.41) is 28.7. The summed E-state index contributed by atoms with van der Waals surface area (Å²) in [7, 11) is 0. The van der Waals surface area contributed by atoms with Gasteiger partial charge in [0.25, 0.3) is 0 Å². The van der Waals surface area contributed by atoms with Crippen LogP contribution in [0.4, 0.5) is 4.79 Å². The minimum absolute atomic E-state index is 0. The van der Waals surface area contributed by atoms with Gasteiger partial charge in [0.05, 0.1) is 0 Å². The zero-order valence-corrected chi connectivity index (χ0v) is 5.89. The van der Waals surface area contributed by atoms with Crippen LogP contribution in [0.25, 0.3) is 0 Å². The summed E-state index contributed by atoms with van der Waals surface area (Å²) in [6.07, 6.45) is -1.83. The molecular weight excluding hydrogens is 256 g/mol. The Kier molecular flexibility index (Phi) is 40.7. The maximum Gasteiger partial charge on any atom is 0.503 e. The minimum atomic E-state index is -1.83. The quantitative estimate of drug-likeness (QED) is 0.281.